The number of esters is 1. The van der Waals surface area contributed by atoms with Gasteiger partial charge in [0.25, 0.3) is 15.9 Å². The summed E-state index contributed by atoms with van der Waals surface area (Å²) in [6, 6.07) is 11.9. The second-order valence-corrected chi connectivity index (χ2v) is 8.81. The highest BCUT2D eigenvalue weighted by molar-refractivity contribution is 7.92. The molecule has 0 saturated carbocycles. The van der Waals surface area contributed by atoms with E-state index in [-0.39, 0.29) is 22.8 Å². The number of anilines is 2. The molecule has 11 nitrogen and oxygen atoms in total. The molecule has 0 fully saturated rings. The summed E-state index contributed by atoms with van der Waals surface area (Å²) in [6.07, 6.45) is 3.55. The molecular formula is C22H20N6O5S. The molecular weight excluding hydrogens is 460 g/mol. The number of nitrogens with zero attached hydrogens (tertiary/aromatic N) is 3. The van der Waals surface area contributed by atoms with Gasteiger partial charge in [-0.25, -0.2) is 32.9 Å². The van der Waals surface area contributed by atoms with E-state index in [1.807, 2.05) is 0 Å². The minimum absolute atomic E-state index is 0.0365. The number of carbonyl (C=O) groups is 2. The van der Waals surface area contributed by atoms with Gasteiger partial charge in [-0.15, -0.1) is 0 Å². The zero-order valence-electron chi connectivity index (χ0n) is 17.9. The largest absolute Gasteiger partial charge is 0.449 e. The van der Waals surface area contributed by atoms with Crippen LogP contribution in [0, 0.1) is 0 Å². The van der Waals surface area contributed by atoms with Gasteiger partial charge < -0.3 is 15.0 Å². The molecule has 1 atom stereocenters. The fourth-order valence-corrected chi connectivity index (χ4v) is 4.01. The van der Waals surface area contributed by atoms with Gasteiger partial charge in [0, 0.05) is 18.1 Å². The van der Waals surface area contributed by atoms with Crippen molar-refractivity contribution in [1.29, 1.82) is 0 Å². The second-order valence-electron chi connectivity index (χ2n) is 7.13. The molecule has 12 heteroatoms. The van der Waals surface area contributed by atoms with Crippen LogP contribution in [0.4, 0.5) is 11.6 Å². The predicted molar refractivity (Wildman–Crippen MR) is 124 cm³/mol. The number of hydrogen-bond donors (Lipinski definition) is 3. The quantitative estimate of drug-likeness (QED) is 0.325. The Balaban J connectivity index is 1.40. The van der Waals surface area contributed by atoms with Crippen LogP contribution in [0.25, 0.3) is 11.0 Å². The van der Waals surface area contributed by atoms with Crippen LogP contribution in [0.3, 0.4) is 0 Å². The van der Waals surface area contributed by atoms with Crippen LogP contribution >= 0.6 is 0 Å². The number of hydrogen-bond acceptors (Lipinski definition) is 8. The fraction of sp³-hybridized carbons (Fsp3) is 0.136. The van der Waals surface area contributed by atoms with Crippen molar-refractivity contribution in [2.24, 2.45) is 0 Å². The second kappa shape index (κ2) is 9.67. The maximum Gasteiger partial charge on any atom is 0.338 e. The molecule has 0 aliphatic heterocycles. The first-order valence-electron chi connectivity index (χ1n) is 10.2. The van der Waals surface area contributed by atoms with Crippen LogP contribution in [-0.4, -0.2) is 46.3 Å². The Morgan fingerprint density at radius 3 is 2.50 bits per heavy atom. The molecule has 4 rings (SSSR count). The Morgan fingerprint density at radius 1 is 1.06 bits per heavy atom. The lowest BCUT2D eigenvalue weighted by Gasteiger charge is -2.16. The van der Waals surface area contributed by atoms with E-state index in [2.05, 4.69) is 30.0 Å². The van der Waals surface area contributed by atoms with Crippen molar-refractivity contribution >= 4 is 44.6 Å². The molecule has 0 radical (unpaired) electrons. The summed E-state index contributed by atoms with van der Waals surface area (Å²) < 4.78 is 32.6. The smallest absolute Gasteiger partial charge is 0.338 e. The van der Waals surface area contributed by atoms with Crippen LogP contribution < -0.4 is 10.0 Å². The SMILES string of the molecule is CCC(OC(=O)c1ccc2nc[nH]c2c1)C(=O)Nc1ccc(S(=O)(=O)Nc2ncccn2)cc1. The molecule has 0 aliphatic rings. The van der Waals surface area contributed by atoms with E-state index in [1.165, 1.54) is 43.0 Å². The number of aromatic nitrogens is 4. The Bertz CT molecular complexity index is 1420. The molecule has 3 N–H and O–H groups in total. The first-order chi connectivity index (χ1) is 16.4. The topological polar surface area (TPSA) is 156 Å². The third kappa shape index (κ3) is 5.18. The summed E-state index contributed by atoms with van der Waals surface area (Å²) in [4.78, 5) is 39.8. The van der Waals surface area contributed by atoms with Crippen LogP contribution in [0.2, 0.25) is 0 Å². The molecule has 0 bridgehead atoms. The molecule has 34 heavy (non-hydrogen) atoms. The van der Waals surface area contributed by atoms with Gasteiger partial charge in [0.2, 0.25) is 5.95 Å². The molecule has 1 amide bonds. The standard InChI is InChI=1S/C22H20N6O5S/c1-2-19(33-21(30)14-4-9-17-18(12-14)26-13-25-17)20(29)27-15-5-7-16(8-6-15)34(31,32)28-22-23-10-3-11-24-22/h3-13,19H,2H2,1H3,(H,25,26)(H,27,29)(H,23,24,28). The number of amides is 1. The normalized spacial score (nSPS) is 12.1. The monoisotopic (exact) mass is 480 g/mol. The highest BCUT2D eigenvalue weighted by atomic mass is 32.2. The van der Waals surface area contributed by atoms with E-state index in [4.69, 9.17) is 4.74 Å². The van der Waals surface area contributed by atoms with E-state index in [1.54, 1.807) is 31.2 Å². The summed E-state index contributed by atoms with van der Waals surface area (Å²) in [6.45, 7) is 1.71. The maximum absolute atomic E-state index is 12.7. The average Bonchev–Trinajstić information content (AvgIpc) is 3.31. The van der Waals surface area contributed by atoms with Crippen molar-refractivity contribution < 1.29 is 22.7 Å². The third-order valence-electron chi connectivity index (χ3n) is 4.79. The van der Waals surface area contributed by atoms with Gasteiger partial charge in [0.05, 0.1) is 27.8 Å². The van der Waals surface area contributed by atoms with E-state index < -0.39 is 28.0 Å². The lowest BCUT2D eigenvalue weighted by atomic mass is 10.2. The number of benzene rings is 2. The van der Waals surface area contributed by atoms with Gasteiger partial charge in [-0.05, 0) is 55.0 Å². The summed E-state index contributed by atoms with van der Waals surface area (Å²) in [5, 5.41) is 2.63. The van der Waals surface area contributed by atoms with Gasteiger partial charge in [0.1, 0.15) is 0 Å². The molecule has 4 aromatic rings. The van der Waals surface area contributed by atoms with E-state index >= 15 is 0 Å². The van der Waals surface area contributed by atoms with Crippen LogP contribution in [-0.2, 0) is 19.6 Å². The van der Waals surface area contributed by atoms with Gasteiger partial charge >= 0.3 is 5.97 Å². The maximum atomic E-state index is 12.7. The van der Waals surface area contributed by atoms with E-state index in [9.17, 15) is 18.0 Å². The number of imidazole rings is 1. The highest BCUT2D eigenvalue weighted by Crippen LogP contribution is 2.18. The van der Waals surface area contributed by atoms with Crippen molar-refractivity contribution in [1.82, 2.24) is 19.9 Å². The number of ether oxygens (including phenoxy) is 1. The van der Waals surface area contributed by atoms with Crippen LogP contribution in [0.1, 0.15) is 23.7 Å². The number of rotatable bonds is 8. The van der Waals surface area contributed by atoms with Gasteiger partial charge in [0.15, 0.2) is 6.10 Å². The zero-order chi connectivity index (χ0) is 24.1. The Kier molecular flexibility index (Phi) is 6.50. The minimum Gasteiger partial charge on any atom is -0.449 e. The summed E-state index contributed by atoms with van der Waals surface area (Å²) in [7, 11) is -3.90. The number of fused-ring (bicyclic) bond motifs is 1. The number of nitrogens with one attached hydrogen (secondary N) is 3. The van der Waals surface area contributed by atoms with Crippen LogP contribution in [0.15, 0.2) is 72.1 Å². The molecule has 174 valence electrons. The summed E-state index contributed by atoms with van der Waals surface area (Å²) >= 11 is 0. The van der Waals surface area contributed by atoms with E-state index in [0.29, 0.717) is 16.7 Å². The minimum atomic E-state index is -3.90. The highest BCUT2D eigenvalue weighted by Gasteiger charge is 2.23. The predicted octanol–water partition coefficient (Wildman–Crippen LogP) is 2.73. The van der Waals surface area contributed by atoms with Gasteiger partial charge in [-0.3, -0.25) is 4.79 Å². The van der Waals surface area contributed by atoms with Crippen molar-refractivity contribution in [2.75, 3.05) is 10.0 Å². The Labute approximate surface area is 194 Å². The molecule has 2 aromatic carbocycles. The van der Waals surface area contributed by atoms with Gasteiger partial charge in [-0.1, -0.05) is 6.92 Å². The molecule has 1 unspecified atom stereocenters. The van der Waals surface area contributed by atoms with Crippen molar-refractivity contribution in [3.05, 3.63) is 72.8 Å². The first kappa shape index (κ1) is 22.9. The van der Waals surface area contributed by atoms with Crippen molar-refractivity contribution in [2.45, 2.75) is 24.3 Å². The number of carbonyl (C=O) groups excluding carboxylic acids is 2. The molecule has 0 spiro atoms. The van der Waals surface area contributed by atoms with Crippen LogP contribution in [0.5, 0.6) is 0 Å². The summed E-state index contributed by atoms with van der Waals surface area (Å²) in [5.74, 6) is -1.24. The molecule has 2 aromatic heterocycles. The van der Waals surface area contributed by atoms with Gasteiger partial charge in [-0.2, -0.15) is 0 Å². The zero-order valence-corrected chi connectivity index (χ0v) is 18.7. The summed E-state index contributed by atoms with van der Waals surface area (Å²) in [5.41, 5.74) is 2.01. The average molecular weight is 481 g/mol. The lowest BCUT2D eigenvalue weighted by molar-refractivity contribution is -0.124. The Hall–Kier alpha value is -4.32. The van der Waals surface area contributed by atoms with Crippen molar-refractivity contribution in [3.8, 4) is 0 Å². The number of sulfonamides is 1. The third-order valence-corrected chi connectivity index (χ3v) is 6.14. The lowest BCUT2D eigenvalue weighted by Crippen LogP contribution is -2.32. The Morgan fingerprint density at radius 2 is 1.79 bits per heavy atom. The fourth-order valence-electron chi connectivity index (χ4n) is 3.05. The molecule has 2 heterocycles. The number of H-pyrrole nitrogens is 1. The van der Waals surface area contributed by atoms with Crippen molar-refractivity contribution in [3.63, 3.8) is 0 Å². The molecule has 0 aliphatic carbocycles. The first-order valence-corrected chi connectivity index (χ1v) is 11.7. The van der Waals surface area contributed by atoms with E-state index in [0.717, 1.165) is 0 Å². The molecule has 0 saturated heterocycles. The number of aromatic amines is 1.